The van der Waals surface area contributed by atoms with Crippen LogP contribution in [0.2, 0.25) is 0 Å². The predicted octanol–water partition coefficient (Wildman–Crippen LogP) is 0.492. The molecule has 0 amide bonds. The fourth-order valence-electron chi connectivity index (χ4n) is 1.30. The van der Waals surface area contributed by atoms with E-state index in [0.717, 1.165) is 6.42 Å². The molecule has 2 unspecified atom stereocenters. The number of hydrogen-bond acceptors (Lipinski definition) is 4. The first kappa shape index (κ1) is 11.1. The summed E-state index contributed by atoms with van der Waals surface area (Å²) in [6.07, 6.45) is 1.30. The Balaban J connectivity index is 2.77. The SMILES string of the molecule is CCCn1nncc1C(O)C(O)CC. The van der Waals surface area contributed by atoms with Gasteiger partial charge in [0.2, 0.25) is 0 Å². The van der Waals surface area contributed by atoms with Crippen LogP contribution in [0.3, 0.4) is 0 Å². The number of nitrogens with zero attached hydrogens (tertiary/aromatic N) is 3. The number of rotatable bonds is 5. The lowest BCUT2D eigenvalue weighted by Crippen LogP contribution is -2.20. The Hall–Kier alpha value is -0.940. The van der Waals surface area contributed by atoms with E-state index in [4.69, 9.17) is 0 Å². The van der Waals surface area contributed by atoms with E-state index in [1.165, 1.54) is 6.20 Å². The molecule has 80 valence electrons. The molecule has 0 radical (unpaired) electrons. The average Bonchev–Trinajstić information content (AvgIpc) is 2.64. The molecular weight excluding hydrogens is 182 g/mol. The van der Waals surface area contributed by atoms with Crippen molar-refractivity contribution in [3.63, 3.8) is 0 Å². The molecule has 5 heteroatoms. The van der Waals surface area contributed by atoms with Gasteiger partial charge in [-0.15, -0.1) is 5.10 Å². The maximum Gasteiger partial charge on any atom is 0.123 e. The quantitative estimate of drug-likeness (QED) is 0.724. The summed E-state index contributed by atoms with van der Waals surface area (Å²) in [5.74, 6) is 0. The number of aliphatic hydroxyl groups excluding tert-OH is 2. The lowest BCUT2D eigenvalue weighted by atomic mass is 10.1. The van der Waals surface area contributed by atoms with Gasteiger partial charge in [-0.05, 0) is 12.8 Å². The first-order chi connectivity index (χ1) is 6.70. The molecule has 0 spiro atoms. The molecule has 1 aromatic rings. The smallest absolute Gasteiger partial charge is 0.123 e. The van der Waals surface area contributed by atoms with Crippen molar-refractivity contribution in [1.82, 2.24) is 15.0 Å². The van der Waals surface area contributed by atoms with E-state index in [1.54, 1.807) is 4.68 Å². The summed E-state index contributed by atoms with van der Waals surface area (Å²) in [5.41, 5.74) is 0.584. The van der Waals surface area contributed by atoms with Crippen LogP contribution >= 0.6 is 0 Å². The maximum atomic E-state index is 9.73. The molecule has 5 nitrogen and oxygen atoms in total. The van der Waals surface area contributed by atoms with Crippen molar-refractivity contribution >= 4 is 0 Å². The molecule has 0 aliphatic heterocycles. The normalized spacial score (nSPS) is 15.4. The van der Waals surface area contributed by atoms with E-state index >= 15 is 0 Å². The van der Waals surface area contributed by atoms with Crippen LogP contribution in [0, 0.1) is 0 Å². The fraction of sp³-hybridized carbons (Fsp3) is 0.778. The molecule has 0 saturated carbocycles. The Morgan fingerprint density at radius 2 is 2.14 bits per heavy atom. The average molecular weight is 199 g/mol. The molecule has 0 aromatic carbocycles. The monoisotopic (exact) mass is 199 g/mol. The maximum absolute atomic E-state index is 9.73. The molecule has 0 fully saturated rings. The van der Waals surface area contributed by atoms with Crippen LogP contribution in [-0.2, 0) is 6.54 Å². The van der Waals surface area contributed by atoms with Gasteiger partial charge in [0, 0.05) is 6.54 Å². The fourth-order valence-corrected chi connectivity index (χ4v) is 1.30. The molecule has 1 aromatic heterocycles. The van der Waals surface area contributed by atoms with Gasteiger partial charge >= 0.3 is 0 Å². The van der Waals surface area contributed by atoms with Crippen LogP contribution in [-0.4, -0.2) is 31.3 Å². The van der Waals surface area contributed by atoms with E-state index in [2.05, 4.69) is 10.3 Å². The molecule has 1 rings (SSSR count). The van der Waals surface area contributed by atoms with Crippen molar-refractivity contribution in [2.45, 2.75) is 45.4 Å². The second kappa shape index (κ2) is 5.07. The van der Waals surface area contributed by atoms with Crippen molar-refractivity contribution in [2.24, 2.45) is 0 Å². The molecule has 1 heterocycles. The zero-order valence-corrected chi connectivity index (χ0v) is 8.59. The third kappa shape index (κ3) is 2.30. The molecule has 2 N–H and O–H groups in total. The molecule has 0 aliphatic carbocycles. The van der Waals surface area contributed by atoms with Crippen LogP contribution < -0.4 is 0 Å². The zero-order valence-electron chi connectivity index (χ0n) is 8.59. The Kier molecular flexibility index (Phi) is 4.03. The third-order valence-electron chi connectivity index (χ3n) is 2.17. The summed E-state index contributed by atoms with van der Waals surface area (Å²) in [6.45, 7) is 4.55. The zero-order chi connectivity index (χ0) is 10.6. The minimum Gasteiger partial charge on any atom is -0.390 e. The van der Waals surface area contributed by atoms with Gasteiger partial charge in [0.15, 0.2) is 0 Å². The highest BCUT2D eigenvalue weighted by Gasteiger charge is 2.20. The topological polar surface area (TPSA) is 71.2 Å². The first-order valence-corrected chi connectivity index (χ1v) is 4.95. The lowest BCUT2D eigenvalue weighted by Gasteiger charge is -2.16. The molecule has 0 aliphatic rings. The summed E-state index contributed by atoms with van der Waals surface area (Å²) >= 11 is 0. The van der Waals surface area contributed by atoms with Crippen molar-refractivity contribution in [3.8, 4) is 0 Å². The van der Waals surface area contributed by atoms with E-state index in [-0.39, 0.29) is 0 Å². The molecule has 0 saturated heterocycles. The Bertz CT molecular complexity index is 275. The Labute approximate surface area is 83.4 Å². The van der Waals surface area contributed by atoms with Crippen LogP contribution in [0.1, 0.15) is 38.5 Å². The van der Waals surface area contributed by atoms with Gasteiger partial charge in [0.25, 0.3) is 0 Å². The van der Waals surface area contributed by atoms with Gasteiger partial charge in [-0.2, -0.15) is 0 Å². The van der Waals surface area contributed by atoms with Gasteiger partial charge in [-0.25, -0.2) is 4.68 Å². The minimum absolute atomic E-state index is 0.512. The second-order valence-electron chi connectivity index (χ2n) is 3.30. The van der Waals surface area contributed by atoms with Crippen LogP contribution in [0.15, 0.2) is 6.20 Å². The van der Waals surface area contributed by atoms with Crippen molar-refractivity contribution in [3.05, 3.63) is 11.9 Å². The van der Waals surface area contributed by atoms with E-state index in [9.17, 15) is 10.2 Å². The highest BCUT2D eigenvalue weighted by Crippen LogP contribution is 2.17. The summed E-state index contributed by atoms with van der Waals surface area (Å²) in [6, 6.07) is 0. The van der Waals surface area contributed by atoms with Crippen molar-refractivity contribution < 1.29 is 10.2 Å². The third-order valence-corrected chi connectivity index (χ3v) is 2.17. The largest absolute Gasteiger partial charge is 0.390 e. The summed E-state index contributed by atoms with van der Waals surface area (Å²) in [4.78, 5) is 0. The number of aromatic nitrogens is 3. The van der Waals surface area contributed by atoms with Gasteiger partial charge in [-0.1, -0.05) is 19.1 Å². The molecule has 0 bridgehead atoms. The van der Waals surface area contributed by atoms with Crippen molar-refractivity contribution in [1.29, 1.82) is 0 Å². The standard InChI is InChI=1S/C9H17N3O2/c1-3-5-12-7(6-10-11-12)9(14)8(13)4-2/h6,8-9,13-14H,3-5H2,1-2H3. The summed E-state index contributed by atoms with van der Waals surface area (Å²) in [7, 11) is 0. The molecule has 2 atom stereocenters. The first-order valence-electron chi connectivity index (χ1n) is 4.95. The Morgan fingerprint density at radius 3 is 2.71 bits per heavy atom. The minimum atomic E-state index is -0.887. The van der Waals surface area contributed by atoms with E-state index in [0.29, 0.717) is 18.7 Å². The predicted molar refractivity (Wildman–Crippen MR) is 51.6 cm³/mol. The highest BCUT2D eigenvalue weighted by molar-refractivity contribution is 5.01. The van der Waals surface area contributed by atoms with Crippen LogP contribution in [0.5, 0.6) is 0 Å². The summed E-state index contributed by atoms with van der Waals surface area (Å²) in [5, 5.41) is 26.8. The summed E-state index contributed by atoms with van der Waals surface area (Å²) < 4.78 is 1.63. The lowest BCUT2D eigenvalue weighted by molar-refractivity contribution is 0.0111. The van der Waals surface area contributed by atoms with Gasteiger partial charge in [0.1, 0.15) is 6.10 Å². The number of aliphatic hydroxyl groups is 2. The van der Waals surface area contributed by atoms with Crippen LogP contribution in [0.4, 0.5) is 0 Å². The van der Waals surface area contributed by atoms with E-state index in [1.807, 2.05) is 13.8 Å². The second-order valence-corrected chi connectivity index (χ2v) is 3.30. The van der Waals surface area contributed by atoms with Gasteiger partial charge in [0.05, 0.1) is 18.0 Å². The Morgan fingerprint density at radius 1 is 1.43 bits per heavy atom. The van der Waals surface area contributed by atoms with E-state index < -0.39 is 12.2 Å². The number of aryl methyl sites for hydroxylation is 1. The van der Waals surface area contributed by atoms with Gasteiger partial charge < -0.3 is 10.2 Å². The molecular formula is C9H17N3O2. The number of hydrogen-bond donors (Lipinski definition) is 2. The van der Waals surface area contributed by atoms with Crippen molar-refractivity contribution in [2.75, 3.05) is 0 Å². The highest BCUT2D eigenvalue weighted by atomic mass is 16.3. The molecule has 14 heavy (non-hydrogen) atoms. The van der Waals surface area contributed by atoms with Gasteiger partial charge in [-0.3, -0.25) is 0 Å². The van der Waals surface area contributed by atoms with Crippen LogP contribution in [0.25, 0.3) is 0 Å².